The molecule has 0 N–H and O–H groups in total. The summed E-state index contributed by atoms with van der Waals surface area (Å²) in [5, 5.41) is 0.521. The summed E-state index contributed by atoms with van der Waals surface area (Å²) in [6.45, 7) is 1.51. The van der Waals surface area contributed by atoms with Gasteiger partial charge in [0.15, 0.2) is 6.10 Å². The van der Waals surface area contributed by atoms with Crippen LogP contribution in [0.4, 0.5) is 0 Å². The minimum absolute atomic E-state index is 0.314. The van der Waals surface area contributed by atoms with Crippen LogP contribution in [0.2, 0.25) is 5.02 Å². The fraction of sp³-hybridized carbons (Fsp3) is 0.150. The SMILES string of the molecule is COC(=O)c1ccc(/C=C/C(=O)O[C@H](C)C(=O)c2ccc(Cl)cc2)cc1. The smallest absolute Gasteiger partial charge is 0.337 e. The topological polar surface area (TPSA) is 69.7 Å². The van der Waals surface area contributed by atoms with E-state index in [2.05, 4.69) is 4.74 Å². The van der Waals surface area contributed by atoms with Gasteiger partial charge in [-0.05, 0) is 55.0 Å². The van der Waals surface area contributed by atoms with Crippen LogP contribution in [0.25, 0.3) is 6.08 Å². The van der Waals surface area contributed by atoms with E-state index in [-0.39, 0.29) is 5.78 Å². The van der Waals surface area contributed by atoms with Crippen molar-refractivity contribution >= 4 is 35.4 Å². The van der Waals surface area contributed by atoms with Crippen LogP contribution in [0.5, 0.6) is 0 Å². The minimum atomic E-state index is -0.921. The van der Waals surface area contributed by atoms with Gasteiger partial charge in [0.1, 0.15) is 0 Å². The molecule has 2 aromatic carbocycles. The lowest BCUT2D eigenvalue weighted by Crippen LogP contribution is -2.23. The van der Waals surface area contributed by atoms with Crippen LogP contribution < -0.4 is 0 Å². The molecule has 0 aromatic heterocycles. The minimum Gasteiger partial charge on any atom is -0.465 e. The Kier molecular flexibility index (Phi) is 6.69. The fourth-order valence-electron chi connectivity index (χ4n) is 2.13. The van der Waals surface area contributed by atoms with Gasteiger partial charge in [-0.2, -0.15) is 0 Å². The van der Waals surface area contributed by atoms with E-state index in [0.717, 1.165) is 0 Å². The molecule has 0 radical (unpaired) electrons. The average molecular weight is 373 g/mol. The second-order valence-electron chi connectivity index (χ2n) is 5.40. The number of benzene rings is 2. The Morgan fingerprint density at radius 3 is 2.12 bits per heavy atom. The van der Waals surface area contributed by atoms with Crippen molar-refractivity contribution in [1.82, 2.24) is 0 Å². The van der Waals surface area contributed by atoms with E-state index < -0.39 is 18.0 Å². The number of methoxy groups -OCH3 is 1. The van der Waals surface area contributed by atoms with Crippen LogP contribution in [0.15, 0.2) is 54.6 Å². The fourth-order valence-corrected chi connectivity index (χ4v) is 2.25. The second-order valence-corrected chi connectivity index (χ2v) is 5.83. The summed E-state index contributed by atoms with van der Waals surface area (Å²) < 4.78 is 9.73. The van der Waals surface area contributed by atoms with Crippen molar-refractivity contribution in [1.29, 1.82) is 0 Å². The Hall–Kier alpha value is -2.92. The van der Waals surface area contributed by atoms with E-state index in [9.17, 15) is 14.4 Å². The summed E-state index contributed by atoms with van der Waals surface area (Å²) in [5.74, 6) is -1.39. The maximum absolute atomic E-state index is 12.2. The summed E-state index contributed by atoms with van der Waals surface area (Å²) in [6, 6.07) is 12.9. The molecule has 0 saturated carbocycles. The normalized spacial score (nSPS) is 11.8. The Labute approximate surface area is 156 Å². The van der Waals surface area contributed by atoms with Crippen LogP contribution in [-0.2, 0) is 14.3 Å². The van der Waals surface area contributed by atoms with Gasteiger partial charge in [-0.1, -0.05) is 23.7 Å². The molecular weight excluding hydrogens is 356 g/mol. The van der Waals surface area contributed by atoms with Gasteiger partial charge in [-0.25, -0.2) is 9.59 Å². The number of hydrogen-bond donors (Lipinski definition) is 0. The molecule has 6 heteroatoms. The van der Waals surface area contributed by atoms with Gasteiger partial charge in [0.05, 0.1) is 12.7 Å². The maximum Gasteiger partial charge on any atom is 0.337 e. The van der Waals surface area contributed by atoms with E-state index in [1.165, 1.54) is 26.2 Å². The molecule has 0 aliphatic rings. The molecule has 0 heterocycles. The van der Waals surface area contributed by atoms with E-state index in [0.29, 0.717) is 21.7 Å². The average Bonchev–Trinajstić information content (AvgIpc) is 2.66. The Balaban J connectivity index is 1.94. The summed E-state index contributed by atoms with van der Waals surface area (Å²) >= 11 is 5.78. The van der Waals surface area contributed by atoms with Gasteiger partial charge in [0, 0.05) is 16.7 Å². The van der Waals surface area contributed by atoms with Gasteiger partial charge in [-0.15, -0.1) is 0 Å². The lowest BCUT2D eigenvalue weighted by Gasteiger charge is -2.10. The van der Waals surface area contributed by atoms with Gasteiger partial charge in [0.2, 0.25) is 5.78 Å². The zero-order valence-electron chi connectivity index (χ0n) is 14.3. The molecular formula is C20H17ClO5. The van der Waals surface area contributed by atoms with Crippen LogP contribution in [0.1, 0.15) is 33.2 Å². The van der Waals surface area contributed by atoms with Gasteiger partial charge in [0.25, 0.3) is 0 Å². The molecule has 0 amide bonds. The number of hydrogen-bond acceptors (Lipinski definition) is 5. The van der Waals surface area contributed by atoms with Gasteiger partial charge < -0.3 is 9.47 Å². The molecule has 0 aliphatic carbocycles. The summed E-state index contributed by atoms with van der Waals surface area (Å²) in [5.41, 5.74) is 1.53. The molecule has 1 atom stereocenters. The van der Waals surface area contributed by atoms with Gasteiger partial charge in [-0.3, -0.25) is 4.79 Å². The van der Waals surface area contributed by atoms with Crippen LogP contribution in [0.3, 0.4) is 0 Å². The molecule has 2 aromatic rings. The number of Topliss-reactive ketones (excluding diaryl/α,β-unsaturated/α-hetero) is 1. The molecule has 134 valence electrons. The van der Waals surface area contributed by atoms with E-state index >= 15 is 0 Å². The number of ether oxygens (including phenoxy) is 2. The third-order valence-electron chi connectivity index (χ3n) is 3.53. The molecule has 0 aliphatic heterocycles. The van der Waals surface area contributed by atoms with Crippen molar-refractivity contribution in [3.8, 4) is 0 Å². The van der Waals surface area contributed by atoms with Gasteiger partial charge >= 0.3 is 11.9 Å². The quantitative estimate of drug-likeness (QED) is 0.436. The predicted octanol–water partition coefficient (Wildman–Crippen LogP) is 3.95. The van der Waals surface area contributed by atoms with Crippen molar-refractivity contribution in [2.24, 2.45) is 0 Å². The first-order chi connectivity index (χ1) is 12.4. The monoisotopic (exact) mass is 372 g/mol. The first-order valence-electron chi connectivity index (χ1n) is 7.77. The van der Waals surface area contributed by atoms with Crippen LogP contribution >= 0.6 is 11.6 Å². The first kappa shape index (κ1) is 19.4. The number of carbonyl (C=O) groups excluding carboxylic acids is 3. The largest absolute Gasteiger partial charge is 0.465 e. The molecule has 0 bridgehead atoms. The summed E-state index contributed by atoms with van der Waals surface area (Å²) in [7, 11) is 1.30. The molecule has 5 nitrogen and oxygen atoms in total. The molecule has 0 spiro atoms. The highest BCUT2D eigenvalue weighted by Gasteiger charge is 2.18. The van der Waals surface area contributed by atoms with Crippen molar-refractivity contribution in [3.05, 3.63) is 76.3 Å². The highest BCUT2D eigenvalue weighted by Crippen LogP contribution is 2.13. The zero-order valence-corrected chi connectivity index (χ0v) is 15.0. The summed E-state index contributed by atoms with van der Waals surface area (Å²) in [6.07, 6.45) is 1.83. The van der Waals surface area contributed by atoms with Crippen molar-refractivity contribution in [3.63, 3.8) is 0 Å². The third kappa shape index (κ3) is 5.29. The number of halogens is 1. The molecule has 0 saturated heterocycles. The van der Waals surface area contributed by atoms with E-state index in [1.807, 2.05) is 0 Å². The standard InChI is InChI=1S/C20H17ClO5/c1-13(19(23)15-8-10-17(21)11-9-15)26-18(22)12-5-14-3-6-16(7-4-14)20(24)25-2/h3-13H,1-2H3/b12-5+/t13-/m1/s1. The number of ketones is 1. The number of rotatable bonds is 6. The maximum atomic E-state index is 12.2. The third-order valence-corrected chi connectivity index (χ3v) is 3.79. The first-order valence-corrected chi connectivity index (χ1v) is 8.15. The number of esters is 2. The predicted molar refractivity (Wildman–Crippen MR) is 98.2 cm³/mol. The van der Waals surface area contributed by atoms with Crippen LogP contribution in [-0.4, -0.2) is 30.9 Å². The van der Waals surface area contributed by atoms with Crippen molar-refractivity contribution in [2.75, 3.05) is 7.11 Å². The zero-order chi connectivity index (χ0) is 19.1. The Bertz CT molecular complexity index is 822. The number of carbonyl (C=O) groups is 3. The Morgan fingerprint density at radius 2 is 1.54 bits per heavy atom. The van der Waals surface area contributed by atoms with Crippen molar-refractivity contribution < 1.29 is 23.9 Å². The highest BCUT2D eigenvalue weighted by molar-refractivity contribution is 6.30. The second kappa shape index (κ2) is 8.97. The highest BCUT2D eigenvalue weighted by atomic mass is 35.5. The molecule has 26 heavy (non-hydrogen) atoms. The van der Waals surface area contributed by atoms with Crippen LogP contribution in [0, 0.1) is 0 Å². The molecule has 0 unspecified atom stereocenters. The molecule has 0 fully saturated rings. The van der Waals surface area contributed by atoms with E-state index in [1.54, 1.807) is 48.5 Å². The van der Waals surface area contributed by atoms with E-state index in [4.69, 9.17) is 16.3 Å². The summed E-state index contributed by atoms with van der Waals surface area (Å²) in [4.78, 5) is 35.4. The molecule has 2 rings (SSSR count). The lowest BCUT2D eigenvalue weighted by atomic mass is 10.1. The Morgan fingerprint density at radius 1 is 0.962 bits per heavy atom. The lowest BCUT2D eigenvalue weighted by molar-refractivity contribution is -0.140. The van der Waals surface area contributed by atoms with Crippen molar-refractivity contribution in [2.45, 2.75) is 13.0 Å².